The largest absolute Gasteiger partial charge is 0.486 e. The molecular formula is C18H25FN6O. The average Bonchev–Trinajstić information content (AvgIpc) is 3.23. The Labute approximate surface area is 152 Å². The third-order valence-electron chi connectivity index (χ3n) is 4.13. The molecule has 140 valence electrons. The van der Waals surface area contributed by atoms with E-state index in [2.05, 4.69) is 30.4 Å². The van der Waals surface area contributed by atoms with Crippen molar-refractivity contribution in [1.82, 2.24) is 25.4 Å². The van der Waals surface area contributed by atoms with Gasteiger partial charge in [0.05, 0.1) is 6.54 Å². The average molecular weight is 360 g/mol. The number of fused-ring (bicyclic) bond motifs is 1. The predicted molar refractivity (Wildman–Crippen MR) is 97.7 cm³/mol. The lowest BCUT2D eigenvalue weighted by Gasteiger charge is -2.18. The molecule has 0 amide bonds. The highest BCUT2D eigenvalue weighted by Crippen LogP contribution is 2.17. The number of hydrogen-bond acceptors (Lipinski definition) is 4. The maximum Gasteiger partial charge on any atom is 0.191 e. The fourth-order valence-corrected chi connectivity index (χ4v) is 2.86. The molecule has 0 fully saturated rings. The number of benzene rings is 1. The summed E-state index contributed by atoms with van der Waals surface area (Å²) < 4.78 is 21.4. The van der Waals surface area contributed by atoms with Gasteiger partial charge in [-0.25, -0.2) is 9.38 Å². The van der Waals surface area contributed by atoms with Gasteiger partial charge in [0.25, 0.3) is 0 Å². The highest BCUT2D eigenvalue weighted by atomic mass is 19.1. The molecule has 8 heteroatoms. The van der Waals surface area contributed by atoms with Gasteiger partial charge in [0.1, 0.15) is 18.5 Å². The van der Waals surface area contributed by atoms with Crippen LogP contribution in [0.1, 0.15) is 31.9 Å². The van der Waals surface area contributed by atoms with Crippen LogP contribution in [0.4, 0.5) is 4.39 Å². The number of ether oxygens (including phenoxy) is 1. The van der Waals surface area contributed by atoms with Crippen molar-refractivity contribution < 1.29 is 9.13 Å². The molecule has 1 aliphatic rings. The van der Waals surface area contributed by atoms with Crippen LogP contribution in [-0.4, -0.2) is 39.9 Å². The van der Waals surface area contributed by atoms with E-state index in [-0.39, 0.29) is 17.7 Å². The molecule has 3 rings (SSSR count). The number of nitrogens with zero attached hydrogens (tertiary/aromatic N) is 4. The highest BCUT2D eigenvalue weighted by molar-refractivity contribution is 5.79. The third kappa shape index (κ3) is 4.50. The van der Waals surface area contributed by atoms with Crippen molar-refractivity contribution in [3.05, 3.63) is 41.7 Å². The van der Waals surface area contributed by atoms with Gasteiger partial charge in [-0.3, -0.25) is 0 Å². The first-order valence-electron chi connectivity index (χ1n) is 9.01. The summed E-state index contributed by atoms with van der Waals surface area (Å²) in [4.78, 5) is 4.57. The topological polar surface area (TPSA) is 76.4 Å². The third-order valence-corrected chi connectivity index (χ3v) is 4.13. The van der Waals surface area contributed by atoms with Crippen LogP contribution in [0.25, 0.3) is 0 Å². The van der Waals surface area contributed by atoms with Gasteiger partial charge in [0.15, 0.2) is 23.4 Å². The minimum Gasteiger partial charge on any atom is -0.486 e. The zero-order chi connectivity index (χ0) is 18.4. The molecule has 0 aliphatic carbocycles. The molecule has 2 heterocycles. The molecular weight excluding hydrogens is 335 g/mol. The quantitative estimate of drug-likeness (QED) is 0.582. The Hall–Kier alpha value is -2.64. The van der Waals surface area contributed by atoms with Crippen molar-refractivity contribution >= 4 is 5.96 Å². The smallest absolute Gasteiger partial charge is 0.191 e. The maximum atomic E-state index is 13.7. The van der Waals surface area contributed by atoms with E-state index in [1.54, 1.807) is 18.2 Å². The van der Waals surface area contributed by atoms with E-state index in [1.165, 1.54) is 6.07 Å². The maximum absolute atomic E-state index is 13.7. The number of halogens is 1. The summed E-state index contributed by atoms with van der Waals surface area (Å²) in [6.45, 7) is 6.56. The van der Waals surface area contributed by atoms with E-state index < -0.39 is 0 Å². The summed E-state index contributed by atoms with van der Waals surface area (Å²) in [5, 5.41) is 14.8. The fraction of sp³-hybridized carbons (Fsp3) is 0.500. The second kappa shape index (κ2) is 8.64. The van der Waals surface area contributed by atoms with Crippen molar-refractivity contribution in [2.45, 2.75) is 45.9 Å². The van der Waals surface area contributed by atoms with Crippen LogP contribution in [0.5, 0.6) is 5.75 Å². The van der Waals surface area contributed by atoms with Gasteiger partial charge in [0.2, 0.25) is 0 Å². The minimum absolute atomic E-state index is 0.215. The summed E-state index contributed by atoms with van der Waals surface area (Å²) in [5.74, 6) is 2.49. The standard InChI is InChI=1S/C18H25FN6O/c1-3-20-18(22-12-17-24-23-16-9-6-10-25(16)17)21-11-13(2)26-15-8-5-4-7-14(15)19/h4-5,7-8,13H,3,6,9-12H2,1-2H3,(H2,20,21,22). The zero-order valence-electron chi connectivity index (χ0n) is 15.2. The lowest BCUT2D eigenvalue weighted by molar-refractivity contribution is 0.214. The van der Waals surface area contributed by atoms with E-state index in [0.717, 1.165) is 37.6 Å². The first-order valence-corrected chi connectivity index (χ1v) is 9.01. The van der Waals surface area contributed by atoms with Crippen LogP contribution in [-0.2, 0) is 19.5 Å². The molecule has 2 aromatic rings. The van der Waals surface area contributed by atoms with E-state index in [1.807, 2.05) is 13.8 Å². The van der Waals surface area contributed by atoms with E-state index >= 15 is 0 Å². The molecule has 0 saturated heterocycles. The van der Waals surface area contributed by atoms with Crippen molar-refractivity contribution in [3.8, 4) is 5.75 Å². The van der Waals surface area contributed by atoms with Gasteiger partial charge < -0.3 is 19.9 Å². The molecule has 1 atom stereocenters. The molecule has 0 radical (unpaired) electrons. The normalized spacial score (nSPS) is 14.8. The van der Waals surface area contributed by atoms with Crippen molar-refractivity contribution in [1.29, 1.82) is 0 Å². The minimum atomic E-state index is -0.361. The summed E-state index contributed by atoms with van der Waals surface area (Å²) >= 11 is 0. The van der Waals surface area contributed by atoms with Gasteiger partial charge in [-0.1, -0.05) is 12.1 Å². The molecule has 1 aromatic heterocycles. The number of aryl methyl sites for hydroxylation is 1. The second-order valence-electron chi connectivity index (χ2n) is 6.22. The van der Waals surface area contributed by atoms with Crippen LogP contribution >= 0.6 is 0 Å². The van der Waals surface area contributed by atoms with Crippen molar-refractivity contribution in [3.63, 3.8) is 0 Å². The van der Waals surface area contributed by atoms with Gasteiger partial charge in [0, 0.05) is 19.5 Å². The van der Waals surface area contributed by atoms with Crippen molar-refractivity contribution in [2.24, 2.45) is 4.99 Å². The number of hydrogen-bond donors (Lipinski definition) is 2. The molecule has 1 aromatic carbocycles. The second-order valence-corrected chi connectivity index (χ2v) is 6.22. The number of aromatic nitrogens is 3. The Kier molecular flexibility index (Phi) is 6.04. The lowest BCUT2D eigenvalue weighted by atomic mass is 10.3. The highest BCUT2D eigenvalue weighted by Gasteiger charge is 2.17. The molecule has 1 aliphatic heterocycles. The van der Waals surface area contributed by atoms with E-state index in [4.69, 9.17) is 4.74 Å². The van der Waals surface area contributed by atoms with Crippen LogP contribution < -0.4 is 15.4 Å². The number of para-hydroxylation sites is 1. The summed E-state index contributed by atoms with van der Waals surface area (Å²) in [5.41, 5.74) is 0. The summed E-state index contributed by atoms with van der Waals surface area (Å²) in [6, 6.07) is 6.40. The van der Waals surface area contributed by atoms with Crippen molar-refractivity contribution in [2.75, 3.05) is 13.1 Å². The zero-order valence-corrected chi connectivity index (χ0v) is 15.2. The van der Waals surface area contributed by atoms with Crippen LogP contribution in [0.3, 0.4) is 0 Å². The monoisotopic (exact) mass is 360 g/mol. The first kappa shape index (κ1) is 18.2. The van der Waals surface area contributed by atoms with Crippen LogP contribution in [0.15, 0.2) is 29.3 Å². The van der Waals surface area contributed by atoms with E-state index in [0.29, 0.717) is 19.0 Å². The summed E-state index contributed by atoms with van der Waals surface area (Å²) in [7, 11) is 0. The lowest BCUT2D eigenvalue weighted by Crippen LogP contribution is -2.41. The molecule has 7 nitrogen and oxygen atoms in total. The SMILES string of the molecule is CCNC(=NCc1nnc2n1CCC2)NCC(C)Oc1ccccc1F. The molecule has 0 saturated carbocycles. The number of rotatable bonds is 7. The van der Waals surface area contributed by atoms with Gasteiger partial charge >= 0.3 is 0 Å². The fourth-order valence-electron chi connectivity index (χ4n) is 2.86. The summed E-state index contributed by atoms with van der Waals surface area (Å²) in [6.07, 6.45) is 1.89. The molecule has 2 N–H and O–H groups in total. The van der Waals surface area contributed by atoms with Gasteiger partial charge in [-0.15, -0.1) is 10.2 Å². The molecule has 26 heavy (non-hydrogen) atoms. The Balaban J connectivity index is 1.55. The Morgan fingerprint density at radius 2 is 2.19 bits per heavy atom. The van der Waals surface area contributed by atoms with E-state index in [9.17, 15) is 4.39 Å². The Bertz CT molecular complexity index is 760. The molecule has 0 bridgehead atoms. The molecule has 1 unspecified atom stereocenters. The number of nitrogens with one attached hydrogen (secondary N) is 2. The molecule has 0 spiro atoms. The van der Waals surface area contributed by atoms with Gasteiger partial charge in [-0.2, -0.15) is 0 Å². The van der Waals surface area contributed by atoms with Crippen LogP contribution in [0.2, 0.25) is 0 Å². The van der Waals surface area contributed by atoms with Crippen LogP contribution in [0, 0.1) is 5.82 Å². The predicted octanol–water partition coefficient (Wildman–Crippen LogP) is 1.89. The Morgan fingerprint density at radius 1 is 1.35 bits per heavy atom. The first-order chi connectivity index (χ1) is 12.7. The number of aliphatic imine (C=N–C) groups is 1. The van der Waals surface area contributed by atoms with Gasteiger partial charge in [-0.05, 0) is 32.4 Å². The number of guanidine groups is 1. The Morgan fingerprint density at radius 3 is 3.00 bits per heavy atom.